The fraction of sp³-hybridized carbons (Fsp3) is 0.562. The second-order valence-corrected chi connectivity index (χ2v) is 6.19. The standard InChI is InChI=1S/C16H20F2N4/c1-11-5-8-22(21-11)15-9-12(2)19-14(20-15)10-13-3-6-16(17,18)7-4-13/h5,8-9,13H,3-4,6-7,10H2,1-2H3. The summed E-state index contributed by atoms with van der Waals surface area (Å²) in [5.74, 6) is -0.787. The fourth-order valence-electron chi connectivity index (χ4n) is 2.93. The predicted molar refractivity (Wildman–Crippen MR) is 79.2 cm³/mol. The van der Waals surface area contributed by atoms with E-state index in [1.807, 2.05) is 32.2 Å². The molecule has 3 rings (SSSR count). The molecule has 4 nitrogen and oxygen atoms in total. The van der Waals surface area contributed by atoms with Crippen LogP contribution in [0.5, 0.6) is 0 Å². The Morgan fingerprint density at radius 1 is 1.18 bits per heavy atom. The number of hydrogen-bond donors (Lipinski definition) is 0. The van der Waals surface area contributed by atoms with Gasteiger partial charge in [-0.25, -0.2) is 23.4 Å². The maximum Gasteiger partial charge on any atom is 0.248 e. The molecule has 0 aromatic carbocycles. The van der Waals surface area contributed by atoms with Crippen molar-refractivity contribution in [2.24, 2.45) is 5.92 Å². The molecule has 0 aliphatic heterocycles. The van der Waals surface area contributed by atoms with Crippen LogP contribution in [0.15, 0.2) is 18.3 Å². The molecule has 1 aliphatic carbocycles. The molecule has 0 amide bonds. The monoisotopic (exact) mass is 306 g/mol. The van der Waals surface area contributed by atoms with Gasteiger partial charge in [-0.05, 0) is 38.7 Å². The Hall–Kier alpha value is -1.85. The molecule has 2 heterocycles. The third kappa shape index (κ3) is 3.48. The summed E-state index contributed by atoms with van der Waals surface area (Å²) in [6.45, 7) is 3.84. The van der Waals surface area contributed by atoms with Gasteiger partial charge in [-0.1, -0.05) is 0 Å². The first-order valence-corrected chi connectivity index (χ1v) is 7.66. The van der Waals surface area contributed by atoms with Crippen molar-refractivity contribution in [2.45, 2.75) is 51.9 Å². The van der Waals surface area contributed by atoms with Gasteiger partial charge in [-0.2, -0.15) is 5.10 Å². The van der Waals surface area contributed by atoms with Gasteiger partial charge in [0.1, 0.15) is 5.82 Å². The van der Waals surface area contributed by atoms with Gasteiger partial charge in [0.2, 0.25) is 5.92 Å². The molecule has 0 N–H and O–H groups in total. The van der Waals surface area contributed by atoms with Crippen molar-refractivity contribution in [3.63, 3.8) is 0 Å². The quantitative estimate of drug-likeness (QED) is 0.869. The Bertz CT molecular complexity index is 656. The summed E-state index contributed by atoms with van der Waals surface area (Å²) in [5, 5.41) is 4.36. The minimum Gasteiger partial charge on any atom is -0.238 e. The highest BCUT2D eigenvalue weighted by Gasteiger charge is 2.35. The van der Waals surface area contributed by atoms with Crippen molar-refractivity contribution in [2.75, 3.05) is 0 Å². The number of aryl methyl sites for hydroxylation is 2. The average molecular weight is 306 g/mol. The van der Waals surface area contributed by atoms with Crippen molar-refractivity contribution in [1.82, 2.24) is 19.7 Å². The lowest BCUT2D eigenvalue weighted by molar-refractivity contribution is -0.0458. The van der Waals surface area contributed by atoms with Crippen molar-refractivity contribution < 1.29 is 8.78 Å². The molecule has 6 heteroatoms. The molecule has 2 aromatic heterocycles. The Balaban J connectivity index is 1.76. The summed E-state index contributed by atoms with van der Waals surface area (Å²) in [6.07, 6.45) is 3.57. The third-order valence-corrected chi connectivity index (χ3v) is 4.15. The summed E-state index contributed by atoms with van der Waals surface area (Å²) in [4.78, 5) is 9.01. The zero-order valence-electron chi connectivity index (χ0n) is 12.9. The molecular formula is C16H20F2N4. The van der Waals surface area contributed by atoms with Crippen molar-refractivity contribution in [3.8, 4) is 5.82 Å². The molecule has 2 aromatic rings. The van der Waals surface area contributed by atoms with Gasteiger partial charge in [-0.3, -0.25) is 0 Å². The van der Waals surface area contributed by atoms with Crippen LogP contribution >= 0.6 is 0 Å². The van der Waals surface area contributed by atoms with E-state index in [2.05, 4.69) is 15.1 Å². The number of halogens is 2. The van der Waals surface area contributed by atoms with Crippen LogP contribution in [0.3, 0.4) is 0 Å². The number of alkyl halides is 2. The highest BCUT2D eigenvalue weighted by molar-refractivity contribution is 5.24. The van der Waals surface area contributed by atoms with E-state index < -0.39 is 5.92 Å². The first kappa shape index (κ1) is 15.1. The topological polar surface area (TPSA) is 43.6 Å². The summed E-state index contributed by atoms with van der Waals surface area (Å²) >= 11 is 0. The Kier molecular flexibility index (Phi) is 3.93. The van der Waals surface area contributed by atoms with Crippen molar-refractivity contribution in [3.05, 3.63) is 35.5 Å². The van der Waals surface area contributed by atoms with Crippen LogP contribution in [0.1, 0.15) is 42.9 Å². The number of hydrogen-bond acceptors (Lipinski definition) is 3. The van der Waals surface area contributed by atoms with Gasteiger partial charge in [0, 0.05) is 37.2 Å². The number of aromatic nitrogens is 4. The van der Waals surface area contributed by atoms with E-state index in [0.29, 0.717) is 19.3 Å². The van der Waals surface area contributed by atoms with Crippen LogP contribution in [-0.4, -0.2) is 25.7 Å². The van der Waals surface area contributed by atoms with E-state index in [4.69, 9.17) is 0 Å². The molecule has 1 fully saturated rings. The van der Waals surface area contributed by atoms with Crippen LogP contribution < -0.4 is 0 Å². The minimum atomic E-state index is -2.48. The Morgan fingerprint density at radius 2 is 1.91 bits per heavy atom. The van der Waals surface area contributed by atoms with Crippen LogP contribution in [0.25, 0.3) is 5.82 Å². The Labute approximate surface area is 128 Å². The van der Waals surface area contributed by atoms with Crippen molar-refractivity contribution >= 4 is 0 Å². The minimum absolute atomic E-state index is 0.0192. The highest BCUT2D eigenvalue weighted by Crippen LogP contribution is 2.37. The molecule has 1 saturated carbocycles. The lowest BCUT2D eigenvalue weighted by Crippen LogP contribution is -2.26. The van der Waals surface area contributed by atoms with Gasteiger partial charge in [0.25, 0.3) is 0 Å². The lowest BCUT2D eigenvalue weighted by atomic mass is 9.84. The fourth-order valence-corrected chi connectivity index (χ4v) is 2.93. The molecule has 0 bridgehead atoms. The molecule has 0 spiro atoms. The first-order chi connectivity index (χ1) is 10.4. The molecule has 118 valence electrons. The summed E-state index contributed by atoms with van der Waals surface area (Å²) in [5.41, 5.74) is 1.79. The van der Waals surface area contributed by atoms with Crippen LogP contribution in [0.2, 0.25) is 0 Å². The predicted octanol–water partition coefficient (Wildman–Crippen LogP) is 3.65. The molecule has 0 saturated heterocycles. The molecule has 0 atom stereocenters. The van der Waals surface area contributed by atoms with E-state index in [0.717, 1.165) is 23.0 Å². The van der Waals surface area contributed by atoms with E-state index >= 15 is 0 Å². The zero-order valence-corrected chi connectivity index (χ0v) is 12.9. The van der Waals surface area contributed by atoms with Gasteiger partial charge in [-0.15, -0.1) is 0 Å². The number of rotatable bonds is 3. The van der Waals surface area contributed by atoms with Crippen LogP contribution in [0.4, 0.5) is 8.78 Å². The summed E-state index contributed by atoms with van der Waals surface area (Å²) < 4.78 is 28.2. The van der Waals surface area contributed by atoms with Gasteiger partial charge < -0.3 is 0 Å². The molecule has 0 radical (unpaired) electrons. The highest BCUT2D eigenvalue weighted by atomic mass is 19.3. The second-order valence-electron chi connectivity index (χ2n) is 6.19. The Morgan fingerprint density at radius 3 is 2.55 bits per heavy atom. The SMILES string of the molecule is Cc1cc(-n2ccc(C)n2)nc(CC2CCC(F)(F)CC2)n1. The average Bonchev–Trinajstić information content (AvgIpc) is 2.87. The van der Waals surface area contributed by atoms with Gasteiger partial charge in [0.15, 0.2) is 5.82 Å². The van der Waals surface area contributed by atoms with Gasteiger partial charge >= 0.3 is 0 Å². The molecule has 0 unspecified atom stereocenters. The second kappa shape index (κ2) is 5.74. The normalized spacial score (nSPS) is 18.5. The zero-order chi connectivity index (χ0) is 15.7. The first-order valence-electron chi connectivity index (χ1n) is 7.66. The molecular weight excluding hydrogens is 286 g/mol. The largest absolute Gasteiger partial charge is 0.248 e. The molecule has 22 heavy (non-hydrogen) atoms. The maximum absolute atomic E-state index is 13.2. The summed E-state index contributed by atoms with van der Waals surface area (Å²) in [7, 11) is 0. The van der Waals surface area contributed by atoms with E-state index in [1.165, 1.54) is 0 Å². The van der Waals surface area contributed by atoms with Crippen LogP contribution in [-0.2, 0) is 6.42 Å². The van der Waals surface area contributed by atoms with Crippen molar-refractivity contribution in [1.29, 1.82) is 0 Å². The number of nitrogens with zero attached hydrogens (tertiary/aromatic N) is 4. The lowest BCUT2D eigenvalue weighted by Gasteiger charge is -2.27. The maximum atomic E-state index is 13.2. The van der Waals surface area contributed by atoms with E-state index in [1.54, 1.807) is 4.68 Å². The summed E-state index contributed by atoms with van der Waals surface area (Å²) in [6, 6.07) is 3.80. The molecule has 1 aliphatic rings. The van der Waals surface area contributed by atoms with E-state index in [-0.39, 0.29) is 18.8 Å². The van der Waals surface area contributed by atoms with Crippen LogP contribution in [0, 0.1) is 19.8 Å². The smallest absolute Gasteiger partial charge is 0.238 e. The van der Waals surface area contributed by atoms with Gasteiger partial charge in [0.05, 0.1) is 5.69 Å². The van der Waals surface area contributed by atoms with E-state index in [9.17, 15) is 8.78 Å². The third-order valence-electron chi connectivity index (χ3n) is 4.15.